The third-order valence-corrected chi connectivity index (χ3v) is 3.92. The van der Waals surface area contributed by atoms with Gasteiger partial charge < -0.3 is 10.5 Å². The average molecular weight is 288 g/mol. The summed E-state index contributed by atoms with van der Waals surface area (Å²) in [5.74, 6) is 1.15. The molecule has 0 aliphatic rings. The number of nitrogens with zero attached hydrogens (tertiary/aromatic N) is 1. The molecule has 1 rings (SSSR count). The van der Waals surface area contributed by atoms with Crippen LogP contribution in [0.5, 0.6) is 5.75 Å². The molecule has 0 amide bonds. The molecule has 0 aliphatic heterocycles. The summed E-state index contributed by atoms with van der Waals surface area (Å²) in [6.45, 7) is 14.3. The van der Waals surface area contributed by atoms with Gasteiger partial charge in [-0.3, -0.25) is 4.90 Å². The second kappa shape index (κ2) is 8.01. The van der Waals surface area contributed by atoms with Crippen molar-refractivity contribution in [2.75, 3.05) is 26.7 Å². The maximum absolute atomic E-state index is 6.76. The minimum absolute atomic E-state index is 0.308. The second-order valence-corrected chi connectivity index (χ2v) is 5.70. The number of methoxy groups -OCH3 is 1. The van der Waals surface area contributed by atoms with Crippen molar-refractivity contribution in [1.82, 2.24) is 4.90 Å². The van der Waals surface area contributed by atoms with E-state index in [0.717, 1.165) is 30.9 Å². The number of rotatable bonds is 9. The van der Waals surface area contributed by atoms with Crippen molar-refractivity contribution >= 4 is 0 Å². The van der Waals surface area contributed by atoms with E-state index in [1.54, 1.807) is 7.11 Å². The normalized spacial score (nSPS) is 14.0. The van der Waals surface area contributed by atoms with E-state index < -0.39 is 5.54 Å². The Morgan fingerprint density at radius 2 is 1.71 bits per heavy atom. The highest BCUT2D eigenvalue weighted by Gasteiger charge is 2.32. The highest BCUT2D eigenvalue weighted by Crippen LogP contribution is 2.29. The average Bonchev–Trinajstić information content (AvgIpc) is 2.47. The molecule has 0 bridgehead atoms. The Balaban J connectivity index is 3.04. The predicted octanol–water partition coefficient (Wildman–Crippen LogP) is 3.18. The summed E-state index contributed by atoms with van der Waals surface area (Å²) in [6.07, 6.45) is 3.80. The van der Waals surface area contributed by atoms with Crippen LogP contribution in [0.2, 0.25) is 0 Å². The summed E-state index contributed by atoms with van der Waals surface area (Å²) in [7, 11) is 1.67. The van der Waals surface area contributed by atoms with Crippen LogP contribution in [0.25, 0.3) is 0 Å². The van der Waals surface area contributed by atoms with Crippen molar-refractivity contribution in [3.63, 3.8) is 0 Å². The lowest BCUT2D eigenvalue weighted by Gasteiger charge is -2.38. The molecule has 0 fully saturated rings. The van der Waals surface area contributed by atoms with Gasteiger partial charge in [0.05, 0.1) is 12.6 Å². The maximum Gasteiger partial charge on any atom is 0.118 e. The molecular weight excluding hydrogens is 260 g/mol. The first-order valence-electron chi connectivity index (χ1n) is 7.35. The molecule has 0 saturated carbocycles. The lowest BCUT2D eigenvalue weighted by atomic mass is 9.80. The van der Waals surface area contributed by atoms with Crippen LogP contribution in [0.4, 0.5) is 0 Å². The van der Waals surface area contributed by atoms with Gasteiger partial charge >= 0.3 is 0 Å². The minimum atomic E-state index is -0.418. The number of ether oxygens (including phenoxy) is 1. The highest BCUT2D eigenvalue weighted by atomic mass is 16.5. The van der Waals surface area contributed by atoms with E-state index in [4.69, 9.17) is 10.5 Å². The molecule has 1 aromatic rings. The van der Waals surface area contributed by atoms with Crippen LogP contribution in [0.3, 0.4) is 0 Å². The lowest BCUT2D eigenvalue weighted by Crippen LogP contribution is -2.51. The molecule has 0 saturated heterocycles. The zero-order valence-corrected chi connectivity index (χ0v) is 13.5. The van der Waals surface area contributed by atoms with Gasteiger partial charge in [0.25, 0.3) is 0 Å². The van der Waals surface area contributed by atoms with Crippen molar-refractivity contribution in [3.8, 4) is 5.75 Å². The highest BCUT2D eigenvalue weighted by molar-refractivity contribution is 5.32. The number of hydrogen-bond acceptors (Lipinski definition) is 3. The van der Waals surface area contributed by atoms with Gasteiger partial charge in [-0.1, -0.05) is 38.1 Å². The molecule has 1 atom stereocenters. The molecular formula is C18H28N2O. The lowest BCUT2D eigenvalue weighted by molar-refractivity contribution is 0.197. The summed E-state index contributed by atoms with van der Waals surface area (Å²) in [5.41, 5.74) is 7.47. The summed E-state index contributed by atoms with van der Waals surface area (Å²) in [6, 6.07) is 8.03. The first-order valence-corrected chi connectivity index (χ1v) is 7.35. The largest absolute Gasteiger partial charge is 0.497 e. The number of hydrogen-bond donors (Lipinski definition) is 1. The molecule has 0 aliphatic carbocycles. The molecule has 21 heavy (non-hydrogen) atoms. The molecule has 116 valence electrons. The summed E-state index contributed by atoms with van der Waals surface area (Å²) in [4.78, 5) is 2.25. The van der Waals surface area contributed by atoms with Gasteiger partial charge in [-0.25, -0.2) is 0 Å². The topological polar surface area (TPSA) is 38.5 Å². The van der Waals surface area contributed by atoms with Gasteiger partial charge in [-0.2, -0.15) is 0 Å². The van der Waals surface area contributed by atoms with Gasteiger partial charge in [0.2, 0.25) is 0 Å². The standard InChI is InChI=1S/C18H28N2O/c1-6-12-20(13-7-2)14-18(19,15(3)4)16-8-10-17(21-5)11-9-16/h6-11,15H,1-2,12-14,19H2,3-5H3. The summed E-state index contributed by atoms with van der Waals surface area (Å²) in [5, 5.41) is 0. The molecule has 0 spiro atoms. The van der Waals surface area contributed by atoms with Crippen LogP contribution >= 0.6 is 0 Å². The van der Waals surface area contributed by atoms with E-state index in [-0.39, 0.29) is 0 Å². The van der Waals surface area contributed by atoms with E-state index in [1.807, 2.05) is 24.3 Å². The van der Waals surface area contributed by atoms with Gasteiger partial charge in [0.1, 0.15) is 5.75 Å². The molecule has 2 N–H and O–H groups in total. The molecule has 1 unspecified atom stereocenters. The Labute approximate surface area is 129 Å². The monoisotopic (exact) mass is 288 g/mol. The van der Waals surface area contributed by atoms with Crippen LogP contribution in [-0.4, -0.2) is 31.6 Å². The molecule has 0 radical (unpaired) electrons. The smallest absolute Gasteiger partial charge is 0.118 e. The fourth-order valence-corrected chi connectivity index (χ4v) is 2.45. The van der Waals surface area contributed by atoms with E-state index in [0.29, 0.717) is 5.92 Å². The zero-order chi connectivity index (χ0) is 15.9. The first-order chi connectivity index (χ1) is 9.97. The van der Waals surface area contributed by atoms with Crippen LogP contribution in [0, 0.1) is 5.92 Å². The number of benzene rings is 1. The summed E-state index contributed by atoms with van der Waals surface area (Å²) >= 11 is 0. The fourth-order valence-electron chi connectivity index (χ4n) is 2.45. The van der Waals surface area contributed by atoms with Gasteiger partial charge in [-0.15, -0.1) is 13.2 Å². The van der Waals surface area contributed by atoms with Crippen LogP contribution < -0.4 is 10.5 Å². The Morgan fingerprint density at radius 1 is 1.19 bits per heavy atom. The van der Waals surface area contributed by atoms with Crippen molar-refractivity contribution in [3.05, 3.63) is 55.1 Å². The quantitative estimate of drug-likeness (QED) is 0.709. The van der Waals surface area contributed by atoms with Crippen LogP contribution in [-0.2, 0) is 5.54 Å². The van der Waals surface area contributed by atoms with Crippen molar-refractivity contribution in [2.45, 2.75) is 19.4 Å². The second-order valence-electron chi connectivity index (χ2n) is 5.70. The molecule has 0 aromatic heterocycles. The minimum Gasteiger partial charge on any atom is -0.497 e. The molecule has 0 heterocycles. The zero-order valence-electron chi connectivity index (χ0n) is 13.5. The van der Waals surface area contributed by atoms with E-state index >= 15 is 0 Å². The Kier molecular flexibility index (Phi) is 6.66. The van der Waals surface area contributed by atoms with Crippen molar-refractivity contribution in [1.29, 1.82) is 0 Å². The van der Waals surface area contributed by atoms with Gasteiger partial charge in [0, 0.05) is 19.6 Å². The van der Waals surface area contributed by atoms with Crippen molar-refractivity contribution in [2.24, 2.45) is 11.7 Å². The van der Waals surface area contributed by atoms with Crippen molar-refractivity contribution < 1.29 is 4.74 Å². The van der Waals surface area contributed by atoms with E-state index in [2.05, 4.69) is 44.0 Å². The Morgan fingerprint density at radius 3 is 2.10 bits per heavy atom. The SMILES string of the molecule is C=CCN(CC=C)CC(N)(c1ccc(OC)cc1)C(C)C. The maximum atomic E-state index is 6.76. The van der Waals surface area contributed by atoms with E-state index in [9.17, 15) is 0 Å². The Bertz CT molecular complexity index is 443. The first kappa shape index (κ1) is 17.5. The summed E-state index contributed by atoms with van der Waals surface area (Å²) < 4.78 is 5.22. The number of nitrogens with two attached hydrogens (primary N) is 1. The Hall–Kier alpha value is -1.58. The predicted molar refractivity (Wildman–Crippen MR) is 90.5 cm³/mol. The van der Waals surface area contributed by atoms with E-state index in [1.165, 1.54) is 0 Å². The fraction of sp³-hybridized carbons (Fsp3) is 0.444. The van der Waals surface area contributed by atoms with Crippen LogP contribution in [0.15, 0.2) is 49.6 Å². The third-order valence-electron chi connectivity index (χ3n) is 3.92. The van der Waals surface area contributed by atoms with Crippen LogP contribution in [0.1, 0.15) is 19.4 Å². The third kappa shape index (κ3) is 4.45. The molecule has 3 heteroatoms. The molecule has 3 nitrogen and oxygen atoms in total. The van der Waals surface area contributed by atoms with Gasteiger partial charge in [-0.05, 0) is 23.6 Å². The molecule has 1 aromatic carbocycles. The van der Waals surface area contributed by atoms with Gasteiger partial charge in [0.15, 0.2) is 0 Å².